The highest BCUT2D eigenvalue weighted by atomic mass is 16.5. The molecule has 3 aliphatic rings. The molecule has 1 spiro atoms. The molecule has 0 aliphatic carbocycles. The number of unbranched alkanes of at least 4 members (excludes halogenated alkanes) is 1. The average molecular weight is 582 g/mol. The maximum Gasteiger partial charge on any atom is 0.248 e. The average Bonchev–Trinajstić information content (AvgIpc) is 3.55. The topological polar surface area (TPSA) is 99.6 Å². The van der Waals surface area contributed by atoms with Crippen LogP contribution in [0.3, 0.4) is 0 Å². The van der Waals surface area contributed by atoms with Crippen molar-refractivity contribution in [3.05, 3.63) is 49.6 Å². The van der Waals surface area contributed by atoms with Crippen molar-refractivity contribution in [3.63, 3.8) is 0 Å². The fourth-order valence-electron chi connectivity index (χ4n) is 7.30. The van der Waals surface area contributed by atoms with Crippen molar-refractivity contribution in [2.75, 3.05) is 37.7 Å². The Bertz CT molecular complexity index is 1170. The Hall–Kier alpha value is -3.17. The minimum Gasteiger partial charge on any atom is -0.494 e. The van der Waals surface area contributed by atoms with Crippen molar-refractivity contribution in [2.24, 2.45) is 11.8 Å². The Labute approximate surface area is 250 Å². The van der Waals surface area contributed by atoms with Crippen LogP contribution < -0.4 is 9.64 Å². The smallest absolute Gasteiger partial charge is 0.248 e. The molecule has 4 rings (SSSR count). The molecule has 3 aliphatic heterocycles. The zero-order valence-corrected chi connectivity index (χ0v) is 25.6. The second-order valence-electron chi connectivity index (χ2n) is 11.8. The lowest BCUT2D eigenvalue weighted by molar-refractivity contribution is -0.154. The minimum absolute atomic E-state index is 0.210. The van der Waals surface area contributed by atoms with Crippen LogP contribution in [0, 0.1) is 11.8 Å². The van der Waals surface area contributed by atoms with E-state index in [2.05, 4.69) is 20.1 Å². The zero-order valence-electron chi connectivity index (χ0n) is 25.6. The number of amides is 3. The number of hydrogen-bond acceptors (Lipinski definition) is 6. The third-order valence-corrected chi connectivity index (χ3v) is 9.27. The summed E-state index contributed by atoms with van der Waals surface area (Å²) in [5.41, 5.74) is -1.41. The van der Waals surface area contributed by atoms with Crippen LogP contribution >= 0.6 is 0 Å². The number of rotatable bonds is 15. The monoisotopic (exact) mass is 581 g/mol. The normalized spacial score (nSPS) is 28.4. The fourth-order valence-corrected chi connectivity index (χ4v) is 7.30. The summed E-state index contributed by atoms with van der Waals surface area (Å²) in [5, 5.41) is 10.3. The molecule has 230 valence electrons. The summed E-state index contributed by atoms with van der Waals surface area (Å²) in [4.78, 5) is 48.3. The minimum atomic E-state index is -1.16. The molecule has 9 nitrogen and oxygen atoms in total. The number of ether oxygens (including phenoxy) is 2. The van der Waals surface area contributed by atoms with Gasteiger partial charge in [-0.1, -0.05) is 32.4 Å². The Morgan fingerprint density at radius 2 is 1.83 bits per heavy atom. The number of nitrogens with zero attached hydrogens (tertiary/aromatic N) is 3. The SMILES string of the molecule is C=CCN(CCCC)C(=O)C1N([C@@H](CC)CO)C(=O)[C@@H]2[C@H](C(=O)N(CC=C)c3ccc(OCC)cc3)[C@]3(C)CCC12O3. The lowest BCUT2D eigenvalue weighted by Crippen LogP contribution is -2.58. The maximum absolute atomic E-state index is 14.5. The van der Waals surface area contributed by atoms with Gasteiger partial charge in [-0.2, -0.15) is 0 Å². The van der Waals surface area contributed by atoms with Crippen molar-refractivity contribution in [1.29, 1.82) is 0 Å². The Morgan fingerprint density at radius 1 is 1.14 bits per heavy atom. The largest absolute Gasteiger partial charge is 0.494 e. The van der Waals surface area contributed by atoms with Gasteiger partial charge in [-0.25, -0.2) is 0 Å². The van der Waals surface area contributed by atoms with E-state index in [-0.39, 0.29) is 30.9 Å². The standard InChI is InChI=1S/C33H47N3O6/c1-7-12-21-34(19-8-2)31(40)28-33-18-17-32(6,42-33)26(27(33)30(39)36(28)23(10-4)22-37)29(38)35(20-9-3)24-13-15-25(16-14-24)41-11-5/h8-9,13-16,23,26-28,37H,2-3,7,10-12,17-22H2,1,4-6H3/t23-,26+,27-,28?,32-,33?/m0/s1. The van der Waals surface area contributed by atoms with E-state index in [4.69, 9.17) is 9.47 Å². The van der Waals surface area contributed by atoms with Crippen LogP contribution in [-0.2, 0) is 19.1 Å². The van der Waals surface area contributed by atoms with Gasteiger partial charge in [-0.05, 0) is 63.8 Å². The van der Waals surface area contributed by atoms with Gasteiger partial charge >= 0.3 is 0 Å². The third kappa shape index (κ3) is 5.26. The van der Waals surface area contributed by atoms with Crippen molar-refractivity contribution >= 4 is 23.4 Å². The molecule has 3 saturated heterocycles. The van der Waals surface area contributed by atoms with E-state index in [1.807, 2.05) is 45.0 Å². The molecule has 0 saturated carbocycles. The van der Waals surface area contributed by atoms with Crippen molar-refractivity contribution in [1.82, 2.24) is 9.80 Å². The van der Waals surface area contributed by atoms with Crippen LogP contribution in [0.1, 0.15) is 59.8 Å². The van der Waals surface area contributed by atoms with Crippen LogP contribution in [0.15, 0.2) is 49.6 Å². The number of hydrogen-bond donors (Lipinski definition) is 1. The summed E-state index contributed by atoms with van der Waals surface area (Å²) < 4.78 is 12.4. The van der Waals surface area contributed by atoms with Crippen LogP contribution in [0.5, 0.6) is 5.75 Å². The summed E-state index contributed by atoms with van der Waals surface area (Å²) >= 11 is 0. The molecule has 2 unspecified atom stereocenters. The van der Waals surface area contributed by atoms with Crippen molar-refractivity contribution < 1.29 is 29.0 Å². The van der Waals surface area contributed by atoms with Crippen LogP contribution in [0.2, 0.25) is 0 Å². The number of likely N-dealkylation sites (tertiary alicyclic amines) is 1. The summed E-state index contributed by atoms with van der Waals surface area (Å²) in [6, 6.07) is 5.79. The molecule has 3 heterocycles. The number of benzene rings is 1. The number of carbonyl (C=O) groups is 3. The second kappa shape index (κ2) is 13.0. The van der Waals surface area contributed by atoms with E-state index in [1.54, 1.807) is 26.9 Å². The Kier molecular flexibility index (Phi) is 9.83. The van der Waals surface area contributed by atoms with Gasteiger partial charge in [0.1, 0.15) is 17.4 Å². The lowest BCUT2D eigenvalue weighted by Gasteiger charge is -2.39. The number of fused-ring (bicyclic) bond motifs is 1. The number of anilines is 1. The maximum atomic E-state index is 14.5. The lowest BCUT2D eigenvalue weighted by atomic mass is 9.66. The molecule has 6 atom stereocenters. The zero-order chi connectivity index (χ0) is 30.7. The van der Waals surface area contributed by atoms with Gasteiger partial charge in [0.05, 0.1) is 36.7 Å². The van der Waals surface area contributed by atoms with Gasteiger partial charge in [-0.3, -0.25) is 14.4 Å². The molecular weight excluding hydrogens is 534 g/mol. The Morgan fingerprint density at radius 3 is 2.40 bits per heavy atom. The predicted molar refractivity (Wildman–Crippen MR) is 162 cm³/mol. The van der Waals surface area contributed by atoms with Crippen LogP contribution in [0.25, 0.3) is 0 Å². The van der Waals surface area contributed by atoms with Crippen LogP contribution in [-0.4, -0.2) is 88.8 Å². The number of aliphatic hydroxyl groups excluding tert-OH is 1. The molecule has 0 aromatic heterocycles. The summed E-state index contributed by atoms with van der Waals surface area (Å²) in [6.07, 6.45) is 6.57. The number of carbonyl (C=O) groups excluding carboxylic acids is 3. The molecule has 2 bridgehead atoms. The van der Waals surface area contributed by atoms with Gasteiger partial charge in [0.15, 0.2) is 0 Å². The molecule has 3 amide bonds. The van der Waals surface area contributed by atoms with Gasteiger partial charge in [-0.15, -0.1) is 13.2 Å². The highest BCUT2D eigenvalue weighted by Crippen LogP contribution is 2.64. The highest BCUT2D eigenvalue weighted by molar-refractivity contribution is 6.03. The van der Waals surface area contributed by atoms with Crippen molar-refractivity contribution in [3.8, 4) is 5.75 Å². The van der Waals surface area contributed by atoms with E-state index in [0.717, 1.165) is 12.8 Å². The van der Waals surface area contributed by atoms with Crippen LogP contribution in [0.4, 0.5) is 5.69 Å². The first-order valence-electron chi connectivity index (χ1n) is 15.4. The summed E-state index contributed by atoms with van der Waals surface area (Å²) in [5.74, 6) is -1.68. The molecule has 1 aromatic carbocycles. The molecular formula is C33H47N3O6. The van der Waals surface area contributed by atoms with Gasteiger partial charge in [0.2, 0.25) is 17.7 Å². The highest BCUT2D eigenvalue weighted by Gasteiger charge is 2.78. The molecule has 3 fully saturated rings. The van der Waals surface area contributed by atoms with Gasteiger partial charge < -0.3 is 29.3 Å². The first-order chi connectivity index (χ1) is 20.2. The first kappa shape index (κ1) is 31.8. The summed E-state index contributed by atoms with van der Waals surface area (Å²) in [7, 11) is 0. The molecule has 9 heteroatoms. The fraction of sp³-hybridized carbons (Fsp3) is 0.606. The van der Waals surface area contributed by atoms with Crippen molar-refractivity contribution in [2.45, 2.75) is 83.1 Å². The third-order valence-electron chi connectivity index (χ3n) is 9.27. The van der Waals surface area contributed by atoms with E-state index >= 15 is 0 Å². The van der Waals surface area contributed by atoms with E-state index < -0.39 is 35.1 Å². The quantitative estimate of drug-likeness (QED) is 0.315. The van der Waals surface area contributed by atoms with Gasteiger partial charge in [0, 0.05) is 25.3 Å². The molecule has 1 aromatic rings. The molecule has 42 heavy (non-hydrogen) atoms. The molecule has 1 N–H and O–H groups in total. The second-order valence-corrected chi connectivity index (χ2v) is 11.8. The predicted octanol–water partition coefficient (Wildman–Crippen LogP) is 3.95. The van der Waals surface area contributed by atoms with E-state index in [0.29, 0.717) is 50.4 Å². The van der Waals surface area contributed by atoms with E-state index in [9.17, 15) is 19.5 Å². The summed E-state index contributed by atoms with van der Waals surface area (Å²) in [6.45, 7) is 16.8. The number of aliphatic hydroxyl groups is 1. The van der Waals surface area contributed by atoms with E-state index in [1.165, 1.54) is 0 Å². The van der Waals surface area contributed by atoms with Gasteiger partial charge in [0.25, 0.3) is 0 Å². The molecule has 0 radical (unpaired) electrons. The first-order valence-corrected chi connectivity index (χ1v) is 15.4. The Balaban J connectivity index is 1.78.